The second kappa shape index (κ2) is 12.2. The number of para-hydroxylation sites is 1. The van der Waals surface area contributed by atoms with Crippen LogP contribution in [0.25, 0.3) is 10.9 Å². The van der Waals surface area contributed by atoms with Crippen molar-refractivity contribution < 1.29 is 29.7 Å². The minimum atomic E-state index is -1.37. The first-order valence-corrected chi connectivity index (χ1v) is 14.9. The Morgan fingerprint density at radius 3 is 2.29 bits per heavy atom. The second-order valence-corrected chi connectivity index (χ2v) is 12.8. The number of benzene rings is 2. The van der Waals surface area contributed by atoms with Crippen LogP contribution in [0.5, 0.6) is 0 Å². The summed E-state index contributed by atoms with van der Waals surface area (Å²) >= 11 is 0. The Hall–Kier alpha value is -3.85. The topological polar surface area (TPSA) is 152 Å². The van der Waals surface area contributed by atoms with Gasteiger partial charge in [-0.05, 0) is 86.3 Å². The number of alkyl carbamates (subject to hydrolysis) is 1. The first-order valence-electron chi connectivity index (χ1n) is 14.9. The molecule has 1 heterocycles. The predicted molar refractivity (Wildman–Crippen MR) is 159 cm³/mol. The van der Waals surface area contributed by atoms with Crippen molar-refractivity contribution in [1.29, 1.82) is 0 Å². The van der Waals surface area contributed by atoms with E-state index < -0.39 is 29.6 Å². The van der Waals surface area contributed by atoms with Crippen molar-refractivity contribution in [1.82, 2.24) is 15.6 Å². The van der Waals surface area contributed by atoms with E-state index in [-0.39, 0.29) is 24.4 Å². The van der Waals surface area contributed by atoms with Crippen LogP contribution in [-0.4, -0.2) is 51.2 Å². The van der Waals surface area contributed by atoms with E-state index in [0.29, 0.717) is 18.3 Å². The van der Waals surface area contributed by atoms with E-state index in [1.807, 2.05) is 60.8 Å². The number of fused-ring (bicyclic) bond motifs is 1. The van der Waals surface area contributed by atoms with Gasteiger partial charge in [0.1, 0.15) is 11.6 Å². The summed E-state index contributed by atoms with van der Waals surface area (Å²) in [6, 6.07) is 16.7. The van der Waals surface area contributed by atoms with E-state index in [1.54, 1.807) is 6.92 Å². The van der Waals surface area contributed by atoms with Crippen LogP contribution in [0.1, 0.15) is 56.6 Å². The van der Waals surface area contributed by atoms with Gasteiger partial charge in [-0.15, -0.1) is 0 Å². The molecular weight excluding hydrogens is 534 g/mol. The minimum absolute atomic E-state index is 0. The molecule has 4 saturated carbocycles. The summed E-state index contributed by atoms with van der Waals surface area (Å²) in [5, 5.41) is 16.5. The molecule has 4 aliphatic carbocycles. The molecule has 42 heavy (non-hydrogen) atoms. The number of aromatic amines is 1. The summed E-state index contributed by atoms with van der Waals surface area (Å²) in [6.07, 6.45) is 7.30. The van der Waals surface area contributed by atoms with Gasteiger partial charge in [-0.25, -0.2) is 4.79 Å². The fourth-order valence-electron chi connectivity index (χ4n) is 7.91. The lowest BCUT2D eigenvalue weighted by Crippen LogP contribution is -2.61. The standard InChI is InChI=1S/C33H39N3O5.H2O/c1-33(18-25-19-34-28-10-6-5-9-27(25)28,31(39)35-26(17-29(37)38)16-20-7-3-2-4-8-20)36-32(40)41-30-23-12-21-11-22(14-23)15-24(30)13-21;/h2-10,19,21-24,26,30,34H,11-18H2,1H3,(H,35,39)(H,36,40)(H,37,38);1H2/t21?,22?,23?,24?,26-,30?,33+;/m0./s1. The maximum Gasteiger partial charge on any atom is 0.408 e. The van der Waals surface area contributed by atoms with Crippen molar-refractivity contribution in [2.45, 2.75) is 76.0 Å². The number of amides is 2. The smallest absolute Gasteiger partial charge is 0.408 e. The van der Waals surface area contributed by atoms with Gasteiger partial charge in [0.25, 0.3) is 0 Å². The molecule has 224 valence electrons. The highest BCUT2D eigenvalue weighted by Crippen LogP contribution is 2.54. The molecule has 4 aliphatic rings. The third-order valence-corrected chi connectivity index (χ3v) is 9.56. The van der Waals surface area contributed by atoms with Crippen molar-refractivity contribution in [3.05, 3.63) is 71.9 Å². The molecule has 0 unspecified atom stereocenters. The van der Waals surface area contributed by atoms with Crippen molar-refractivity contribution in [2.24, 2.45) is 23.7 Å². The molecule has 0 spiro atoms. The van der Waals surface area contributed by atoms with Crippen LogP contribution in [0.2, 0.25) is 0 Å². The Morgan fingerprint density at radius 1 is 0.976 bits per heavy atom. The molecule has 9 heteroatoms. The monoisotopic (exact) mass is 575 g/mol. The highest BCUT2D eigenvalue weighted by atomic mass is 16.6. The van der Waals surface area contributed by atoms with Crippen LogP contribution in [0.4, 0.5) is 4.79 Å². The van der Waals surface area contributed by atoms with Crippen LogP contribution in [0.3, 0.4) is 0 Å². The van der Waals surface area contributed by atoms with Gasteiger partial charge < -0.3 is 30.9 Å². The Kier molecular flexibility index (Phi) is 8.59. The van der Waals surface area contributed by atoms with Crippen LogP contribution in [0.15, 0.2) is 60.8 Å². The highest BCUT2D eigenvalue weighted by Gasteiger charge is 2.50. The van der Waals surface area contributed by atoms with E-state index in [4.69, 9.17) is 4.74 Å². The lowest BCUT2D eigenvalue weighted by molar-refractivity contribution is -0.138. The average molecular weight is 576 g/mol. The summed E-state index contributed by atoms with van der Waals surface area (Å²) in [5.74, 6) is 0.877. The molecule has 0 radical (unpaired) electrons. The van der Waals surface area contributed by atoms with Crippen LogP contribution in [0, 0.1) is 23.7 Å². The number of aromatic nitrogens is 1. The van der Waals surface area contributed by atoms with Gasteiger partial charge in [0.05, 0.1) is 6.42 Å². The average Bonchev–Trinajstić information content (AvgIpc) is 3.33. The Morgan fingerprint density at radius 2 is 1.62 bits per heavy atom. The largest absolute Gasteiger partial charge is 0.481 e. The van der Waals surface area contributed by atoms with E-state index in [0.717, 1.165) is 59.5 Å². The third kappa shape index (κ3) is 6.31. The van der Waals surface area contributed by atoms with Crippen molar-refractivity contribution in [3.8, 4) is 0 Å². The summed E-state index contributed by atoms with van der Waals surface area (Å²) < 4.78 is 6.11. The molecule has 6 N–H and O–H groups in total. The van der Waals surface area contributed by atoms with Crippen molar-refractivity contribution in [2.75, 3.05) is 0 Å². The molecule has 1 aromatic heterocycles. The molecule has 2 atom stereocenters. The zero-order chi connectivity index (χ0) is 28.6. The van der Waals surface area contributed by atoms with E-state index >= 15 is 0 Å². The fourth-order valence-corrected chi connectivity index (χ4v) is 7.91. The van der Waals surface area contributed by atoms with Gasteiger partial charge in [-0.3, -0.25) is 9.59 Å². The van der Waals surface area contributed by atoms with Gasteiger partial charge in [-0.1, -0.05) is 48.5 Å². The predicted octanol–water partition coefficient (Wildman–Crippen LogP) is 4.40. The highest BCUT2D eigenvalue weighted by molar-refractivity contribution is 5.92. The first-order chi connectivity index (χ1) is 19.8. The number of carboxylic acid groups (broad SMARTS) is 1. The van der Waals surface area contributed by atoms with Gasteiger partial charge in [-0.2, -0.15) is 0 Å². The van der Waals surface area contributed by atoms with Gasteiger partial charge in [0.15, 0.2) is 0 Å². The first kappa shape index (κ1) is 29.6. The maximum atomic E-state index is 14.0. The number of rotatable bonds is 10. The number of hydrogen-bond acceptors (Lipinski definition) is 4. The van der Waals surface area contributed by atoms with Gasteiger partial charge >= 0.3 is 12.1 Å². The summed E-state index contributed by atoms with van der Waals surface area (Å²) in [6.45, 7) is 1.70. The molecule has 2 amide bonds. The molecule has 3 aromatic rings. The molecule has 4 bridgehead atoms. The SMILES string of the molecule is C[C@](Cc1c[nH]c2ccccc12)(NC(=O)OC1C2CC3CC(C2)CC1C3)C(=O)N[C@H](CC(=O)O)Cc1ccccc1.O. The van der Waals surface area contributed by atoms with E-state index in [1.165, 1.54) is 6.42 Å². The zero-order valence-electron chi connectivity index (χ0n) is 24.0. The molecule has 0 saturated heterocycles. The molecule has 4 fully saturated rings. The lowest BCUT2D eigenvalue weighted by Gasteiger charge is -2.53. The second-order valence-electron chi connectivity index (χ2n) is 12.8. The quantitative estimate of drug-likeness (QED) is 0.282. The summed E-state index contributed by atoms with van der Waals surface area (Å²) in [7, 11) is 0. The number of carbonyl (C=O) groups is 3. The lowest BCUT2D eigenvalue weighted by atomic mass is 9.55. The molecule has 9 nitrogen and oxygen atoms in total. The van der Waals surface area contributed by atoms with Crippen molar-refractivity contribution in [3.63, 3.8) is 0 Å². The zero-order valence-corrected chi connectivity index (χ0v) is 24.0. The minimum Gasteiger partial charge on any atom is -0.481 e. The maximum absolute atomic E-state index is 14.0. The summed E-state index contributed by atoms with van der Waals surface area (Å²) in [5.41, 5.74) is 1.37. The van der Waals surface area contributed by atoms with Crippen LogP contribution < -0.4 is 10.6 Å². The number of carbonyl (C=O) groups excluding carboxylic acids is 2. The number of hydrogen-bond donors (Lipinski definition) is 4. The van der Waals surface area contributed by atoms with E-state index in [2.05, 4.69) is 15.6 Å². The Labute approximate surface area is 245 Å². The van der Waals surface area contributed by atoms with Crippen LogP contribution >= 0.6 is 0 Å². The Balaban J connectivity index is 0.00000353. The molecule has 7 rings (SSSR count). The number of H-pyrrole nitrogens is 1. The van der Waals surface area contributed by atoms with Gasteiger partial charge in [0, 0.05) is 29.6 Å². The fraction of sp³-hybridized carbons (Fsp3) is 0.485. The molecule has 2 aromatic carbocycles. The third-order valence-electron chi connectivity index (χ3n) is 9.56. The number of carboxylic acids is 1. The number of ether oxygens (including phenoxy) is 1. The molecular formula is C33H41N3O6. The number of aliphatic carboxylic acids is 1. The Bertz CT molecular complexity index is 1390. The normalized spacial score (nSPS) is 26.1. The van der Waals surface area contributed by atoms with Crippen LogP contribution in [-0.2, 0) is 27.2 Å². The van der Waals surface area contributed by atoms with Crippen molar-refractivity contribution >= 4 is 28.9 Å². The van der Waals surface area contributed by atoms with Gasteiger partial charge in [0.2, 0.25) is 5.91 Å². The molecule has 0 aliphatic heterocycles. The number of nitrogens with one attached hydrogen (secondary N) is 3. The van der Waals surface area contributed by atoms with E-state index in [9.17, 15) is 19.5 Å². The summed E-state index contributed by atoms with van der Waals surface area (Å²) in [4.78, 5) is 42.4.